The van der Waals surface area contributed by atoms with Gasteiger partial charge in [0.15, 0.2) is 22.4 Å². The highest BCUT2D eigenvalue weighted by molar-refractivity contribution is 7.80. The first-order valence-corrected chi connectivity index (χ1v) is 6.41. The molecule has 1 aliphatic heterocycles. The SMILES string of the molecule is S=C(NCc1ccc2c(c1)OCO2)Nc1cnccn1. The Labute approximate surface area is 121 Å². The monoisotopic (exact) mass is 288 g/mol. The highest BCUT2D eigenvalue weighted by Crippen LogP contribution is 2.32. The van der Waals surface area contributed by atoms with Crippen LogP contribution in [0.2, 0.25) is 0 Å². The Hall–Kier alpha value is -2.41. The minimum atomic E-state index is 0.277. The lowest BCUT2D eigenvalue weighted by Crippen LogP contribution is -2.28. The van der Waals surface area contributed by atoms with E-state index in [4.69, 9.17) is 21.7 Å². The summed E-state index contributed by atoms with van der Waals surface area (Å²) >= 11 is 5.19. The van der Waals surface area contributed by atoms with Crippen molar-refractivity contribution in [3.8, 4) is 11.5 Å². The van der Waals surface area contributed by atoms with E-state index in [2.05, 4.69) is 20.6 Å². The second-order valence-corrected chi connectivity index (χ2v) is 4.49. The molecule has 3 rings (SSSR count). The van der Waals surface area contributed by atoms with E-state index in [0.29, 0.717) is 17.5 Å². The van der Waals surface area contributed by atoms with Gasteiger partial charge in [0.25, 0.3) is 0 Å². The van der Waals surface area contributed by atoms with Gasteiger partial charge in [0, 0.05) is 18.9 Å². The molecule has 0 saturated carbocycles. The van der Waals surface area contributed by atoms with Crippen molar-refractivity contribution in [2.45, 2.75) is 6.54 Å². The lowest BCUT2D eigenvalue weighted by atomic mass is 10.2. The van der Waals surface area contributed by atoms with Crippen LogP contribution in [-0.2, 0) is 6.54 Å². The van der Waals surface area contributed by atoms with Crippen LogP contribution in [0.15, 0.2) is 36.8 Å². The fourth-order valence-electron chi connectivity index (χ4n) is 1.76. The predicted molar refractivity (Wildman–Crippen MR) is 77.7 cm³/mol. The van der Waals surface area contributed by atoms with Crippen LogP contribution in [0.5, 0.6) is 11.5 Å². The first-order valence-electron chi connectivity index (χ1n) is 6.01. The molecule has 0 saturated heterocycles. The molecule has 0 aliphatic carbocycles. The maximum absolute atomic E-state index is 5.32. The molecular formula is C13H12N4O2S. The van der Waals surface area contributed by atoms with Crippen LogP contribution in [0.25, 0.3) is 0 Å². The number of nitrogens with zero attached hydrogens (tertiary/aromatic N) is 2. The summed E-state index contributed by atoms with van der Waals surface area (Å²) in [5.41, 5.74) is 1.05. The van der Waals surface area contributed by atoms with E-state index in [1.54, 1.807) is 18.6 Å². The Morgan fingerprint density at radius 2 is 2.15 bits per heavy atom. The van der Waals surface area contributed by atoms with Crippen molar-refractivity contribution in [2.24, 2.45) is 0 Å². The molecule has 2 N–H and O–H groups in total. The Balaban J connectivity index is 1.55. The van der Waals surface area contributed by atoms with Crippen LogP contribution in [0, 0.1) is 0 Å². The second-order valence-electron chi connectivity index (χ2n) is 4.09. The maximum atomic E-state index is 5.32. The van der Waals surface area contributed by atoms with Gasteiger partial charge in [-0.05, 0) is 29.9 Å². The topological polar surface area (TPSA) is 68.3 Å². The molecule has 20 heavy (non-hydrogen) atoms. The molecule has 0 amide bonds. The van der Waals surface area contributed by atoms with Gasteiger partial charge in [0.2, 0.25) is 6.79 Å². The number of thiocarbonyl (C=S) groups is 1. The summed E-state index contributed by atoms with van der Waals surface area (Å²) in [5.74, 6) is 2.14. The van der Waals surface area contributed by atoms with E-state index in [0.717, 1.165) is 17.1 Å². The molecule has 1 aromatic heterocycles. The fourth-order valence-corrected chi connectivity index (χ4v) is 1.93. The molecule has 0 atom stereocenters. The van der Waals surface area contributed by atoms with Gasteiger partial charge in [-0.15, -0.1) is 0 Å². The predicted octanol–water partition coefficient (Wildman–Crippen LogP) is 1.69. The van der Waals surface area contributed by atoms with Crippen molar-refractivity contribution in [3.63, 3.8) is 0 Å². The first-order chi connectivity index (χ1) is 9.81. The number of hydrogen-bond acceptors (Lipinski definition) is 5. The molecule has 0 radical (unpaired) electrons. The highest BCUT2D eigenvalue weighted by Gasteiger charge is 2.13. The molecule has 2 aromatic rings. The third kappa shape index (κ3) is 2.94. The fraction of sp³-hybridized carbons (Fsp3) is 0.154. The summed E-state index contributed by atoms with van der Waals surface area (Å²) in [6.07, 6.45) is 4.81. The number of ether oxygens (including phenoxy) is 2. The number of rotatable bonds is 3. The minimum Gasteiger partial charge on any atom is -0.454 e. The molecule has 0 unspecified atom stereocenters. The second kappa shape index (κ2) is 5.70. The molecular weight excluding hydrogens is 276 g/mol. The van der Waals surface area contributed by atoms with E-state index in [9.17, 15) is 0 Å². The lowest BCUT2D eigenvalue weighted by molar-refractivity contribution is 0.174. The van der Waals surface area contributed by atoms with Gasteiger partial charge in [-0.25, -0.2) is 4.98 Å². The van der Waals surface area contributed by atoms with Gasteiger partial charge < -0.3 is 20.1 Å². The zero-order valence-electron chi connectivity index (χ0n) is 10.5. The number of hydrogen-bond donors (Lipinski definition) is 2. The van der Waals surface area contributed by atoms with Crippen LogP contribution in [0.3, 0.4) is 0 Å². The van der Waals surface area contributed by atoms with Gasteiger partial charge >= 0.3 is 0 Å². The van der Waals surface area contributed by atoms with Crippen LogP contribution in [0.4, 0.5) is 5.82 Å². The first kappa shape index (κ1) is 12.6. The van der Waals surface area contributed by atoms with Crippen molar-refractivity contribution in [3.05, 3.63) is 42.4 Å². The third-order valence-electron chi connectivity index (χ3n) is 2.69. The van der Waals surface area contributed by atoms with Crippen molar-refractivity contribution < 1.29 is 9.47 Å². The number of anilines is 1. The average Bonchev–Trinajstić information content (AvgIpc) is 2.93. The molecule has 1 aromatic carbocycles. The number of aromatic nitrogens is 2. The van der Waals surface area contributed by atoms with Crippen molar-refractivity contribution >= 4 is 23.1 Å². The van der Waals surface area contributed by atoms with E-state index in [1.165, 1.54) is 0 Å². The van der Waals surface area contributed by atoms with E-state index < -0.39 is 0 Å². The van der Waals surface area contributed by atoms with Crippen molar-refractivity contribution in [1.82, 2.24) is 15.3 Å². The molecule has 1 aliphatic rings. The Bertz CT molecular complexity index is 621. The van der Waals surface area contributed by atoms with Crippen LogP contribution in [0.1, 0.15) is 5.56 Å². The van der Waals surface area contributed by atoms with Crippen LogP contribution >= 0.6 is 12.2 Å². The zero-order valence-corrected chi connectivity index (χ0v) is 11.3. The highest BCUT2D eigenvalue weighted by atomic mass is 32.1. The van der Waals surface area contributed by atoms with E-state index >= 15 is 0 Å². The van der Waals surface area contributed by atoms with Crippen molar-refractivity contribution in [2.75, 3.05) is 12.1 Å². The molecule has 7 heteroatoms. The Morgan fingerprint density at radius 1 is 1.25 bits per heavy atom. The van der Waals surface area contributed by atoms with E-state index in [1.807, 2.05) is 18.2 Å². The molecule has 0 fully saturated rings. The molecule has 0 spiro atoms. The zero-order chi connectivity index (χ0) is 13.8. The molecule has 6 nitrogen and oxygen atoms in total. The van der Waals surface area contributed by atoms with E-state index in [-0.39, 0.29) is 6.79 Å². The number of fused-ring (bicyclic) bond motifs is 1. The van der Waals surface area contributed by atoms with Gasteiger partial charge in [-0.1, -0.05) is 6.07 Å². The van der Waals surface area contributed by atoms with Gasteiger partial charge in [0.1, 0.15) is 0 Å². The van der Waals surface area contributed by atoms with Crippen LogP contribution in [-0.4, -0.2) is 21.9 Å². The molecule has 0 bridgehead atoms. The largest absolute Gasteiger partial charge is 0.454 e. The Morgan fingerprint density at radius 3 is 3.00 bits per heavy atom. The third-order valence-corrected chi connectivity index (χ3v) is 2.94. The summed E-state index contributed by atoms with van der Waals surface area (Å²) in [7, 11) is 0. The quantitative estimate of drug-likeness (QED) is 0.833. The summed E-state index contributed by atoms with van der Waals surface area (Å²) in [4.78, 5) is 8.04. The minimum absolute atomic E-state index is 0.277. The summed E-state index contributed by atoms with van der Waals surface area (Å²) in [6.45, 7) is 0.863. The number of nitrogens with one attached hydrogen (secondary N) is 2. The maximum Gasteiger partial charge on any atom is 0.231 e. The standard InChI is InChI=1S/C13H12N4O2S/c20-13(17-12-7-14-3-4-15-12)16-6-9-1-2-10-11(5-9)19-8-18-10/h1-5,7H,6,8H2,(H2,15,16,17,20). The summed E-state index contributed by atoms with van der Waals surface area (Å²) < 4.78 is 10.6. The van der Waals surface area contributed by atoms with Gasteiger partial charge in [0.05, 0.1) is 6.20 Å². The van der Waals surface area contributed by atoms with Crippen LogP contribution < -0.4 is 20.1 Å². The summed E-state index contributed by atoms with van der Waals surface area (Å²) in [6, 6.07) is 5.78. The molecule has 2 heterocycles. The lowest BCUT2D eigenvalue weighted by Gasteiger charge is -2.09. The average molecular weight is 288 g/mol. The van der Waals surface area contributed by atoms with Crippen molar-refractivity contribution in [1.29, 1.82) is 0 Å². The Kier molecular flexibility index (Phi) is 3.60. The van der Waals surface area contributed by atoms with Gasteiger partial charge in [-0.2, -0.15) is 0 Å². The normalized spacial score (nSPS) is 12.0. The number of benzene rings is 1. The van der Waals surface area contributed by atoms with Gasteiger partial charge in [-0.3, -0.25) is 4.98 Å². The summed E-state index contributed by atoms with van der Waals surface area (Å²) in [5, 5.41) is 6.54. The smallest absolute Gasteiger partial charge is 0.231 e. The molecule has 102 valence electrons.